The van der Waals surface area contributed by atoms with E-state index in [-0.39, 0.29) is 19.5 Å². The Hall–Kier alpha value is -2.89. The van der Waals surface area contributed by atoms with Crippen molar-refractivity contribution >= 4 is 5.91 Å². The smallest absolute Gasteiger partial charge is 0.231 e. The normalized spacial score (nSPS) is 13.8. The van der Waals surface area contributed by atoms with E-state index in [1.165, 1.54) is 0 Å². The summed E-state index contributed by atoms with van der Waals surface area (Å²) in [7, 11) is 0. The topological polar surface area (TPSA) is 66.0 Å². The summed E-state index contributed by atoms with van der Waals surface area (Å²) < 4.78 is 21.3. The Balaban J connectivity index is 1.21. The van der Waals surface area contributed by atoms with Crippen molar-refractivity contribution in [1.82, 2.24) is 5.32 Å². The maximum atomic E-state index is 12.0. The van der Waals surface area contributed by atoms with Gasteiger partial charge in [0.25, 0.3) is 0 Å². The highest BCUT2D eigenvalue weighted by atomic mass is 16.7. The summed E-state index contributed by atoms with van der Waals surface area (Å²) in [5.74, 6) is 3.10. The number of ether oxygens (including phenoxy) is 4. The molecule has 25 heavy (non-hydrogen) atoms. The second kappa shape index (κ2) is 6.93. The van der Waals surface area contributed by atoms with Gasteiger partial charge in [0.15, 0.2) is 23.0 Å². The summed E-state index contributed by atoms with van der Waals surface area (Å²) in [4.78, 5) is 12.0. The summed E-state index contributed by atoms with van der Waals surface area (Å²) in [5.41, 5.74) is 2.18. The molecule has 2 aliphatic heterocycles. The van der Waals surface area contributed by atoms with Crippen LogP contribution >= 0.6 is 0 Å². The number of benzene rings is 2. The predicted molar refractivity (Wildman–Crippen MR) is 90.2 cm³/mol. The van der Waals surface area contributed by atoms with Crippen molar-refractivity contribution in [3.05, 3.63) is 47.5 Å². The van der Waals surface area contributed by atoms with Gasteiger partial charge >= 0.3 is 0 Å². The second-order valence-corrected chi connectivity index (χ2v) is 5.98. The third-order valence-electron chi connectivity index (χ3n) is 4.25. The largest absolute Gasteiger partial charge is 0.454 e. The van der Waals surface area contributed by atoms with Crippen molar-refractivity contribution in [2.24, 2.45) is 0 Å². The molecule has 0 spiro atoms. The first-order chi connectivity index (χ1) is 12.3. The molecular weight excluding hydrogens is 322 g/mol. The molecule has 0 unspecified atom stereocenters. The number of nitrogens with one attached hydrogen (secondary N) is 1. The maximum Gasteiger partial charge on any atom is 0.231 e. The maximum absolute atomic E-state index is 12.0. The Morgan fingerprint density at radius 1 is 0.800 bits per heavy atom. The van der Waals surface area contributed by atoms with Gasteiger partial charge in [-0.25, -0.2) is 0 Å². The molecule has 2 aromatic carbocycles. The Kier molecular flexibility index (Phi) is 4.33. The molecule has 0 atom stereocenters. The molecule has 130 valence electrons. The molecule has 0 fully saturated rings. The summed E-state index contributed by atoms with van der Waals surface area (Å²) in [6, 6.07) is 11.6. The van der Waals surface area contributed by atoms with Gasteiger partial charge in [-0.05, 0) is 48.2 Å². The molecule has 2 aliphatic rings. The molecule has 0 saturated heterocycles. The van der Waals surface area contributed by atoms with Gasteiger partial charge in [0.1, 0.15) is 0 Å². The van der Waals surface area contributed by atoms with E-state index in [2.05, 4.69) is 5.32 Å². The van der Waals surface area contributed by atoms with Crippen LogP contribution in [-0.2, 0) is 17.6 Å². The zero-order valence-corrected chi connectivity index (χ0v) is 13.7. The molecule has 1 N–H and O–H groups in total. The molecule has 6 nitrogen and oxygen atoms in total. The van der Waals surface area contributed by atoms with Gasteiger partial charge in [-0.15, -0.1) is 0 Å². The molecule has 4 rings (SSSR count). The number of hydrogen-bond donors (Lipinski definition) is 1. The average molecular weight is 341 g/mol. The van der Waals surface area contributed by atoms with Gasteiger partial charge < -0.3 is 24.3 Å². The molecule has 0 aliphatic carbocycles. The minimum absolute atomic E-state index is 0.0402. The third kappa shape index (κ3) is 3.63. The quantitative estimate of drug-likeness (QED) is 0.874. The fourth-order valence-electron chi connectivity index (χ4n) is 2.89. The monoisotopic (exact) mass is 341 g/mol. The minimum atomic E-state index is 0.0402. The number of aryl methyl sites for hydroxylation is 1. The van der Waals surface area contributed by atoms with E-state index in [1.54, 1.807) is 0 Å². The lowest BCUT2D eigenvalue weighted by Gasteiger charge is -2.07. The number of carbonyl (C=O) groups excluding carboxylic acids is 1. The van der Waals surface area contributed by atoms with Crippen LogP contribution in [0.5, 0.6) is 23.0 Å². The van der Waals surface area contributed by atoms with Gasteiger partial charge in [0, 0.05) is 13.0 Å². The number of rotatable bonds is 6. The Morgan fingerprint density at radius 3 is 2.00 bits per heavy atom. The molecule has 0 bridgehead atoms. The highest BCUT2D eigenvalue weighted by Gasteiger charge is 2.14. The van der Waals surface area contributed by atoms with E-state index in [0.717, 1.165) is 40.5 Å². The van der Waals surface area contributed by atoms with Crippen LogP contribution in [0.25, 0.3) is 0 Å². The van der Waals surface area contributed by atoms with Crippen molar-refractivity contribution in [3.63, 3.8) is 0 Å². The highest BCUT2D eigenvalue weighted by molar-refractivity contribution is 5.76. The first-order valence-electron chi connectivity index (χ1n) is 8.32. The average Bonchev–Trinajstić information content (AvgIpc) is 3.28. The van der Waals surface area contributed by atoms with Crippen LogP contribution in [0, 0.1) is 0 Å². The lowest BCUT2D eigenvalue weighted by atomic mass is 10.1. The molecular formula is C19H19NO5. The number of carbonyl (C=O) groups is 1. The highest BCUT2D eigenvalue weighted by Crippen LogP contribution is 2.33. The van der Waals surface area contributed by atoms with Crippen LogP contribution in [0.15, 0.2) is 36.4 Å². The van der Waals surface area contributed by atoms with Crippen molar-refractivity contribution in [1.29, 1.82) is 0 Å². The van der Waals surface area contributed by atoms with Crippen molar-refractivity contribution in [2.75, 3.05) is 20.1 Å². The van der Waals surface area contributed by atoms with E-state index >= 15 is 0 Å². The molecule has 0 radical (unpaired) electrons. The zero-order valence-electron chi connectivity index (χ0n) is 13.7. The summed E-state index contributed by atoms with van der Waals surface area (Å²) >= 11 is 0. The van der Waals surface area contributed by atoms with Crippen molar-refractivity contribution < 1.29 is 23.7 Å². The van der Waals surface area contributed by atoms with Crippen LogP contribution in [-0.4, -0.2) is 26.0 Å². The van der Waals surface area contributed by atoms with Gasteiger partial charge in [0.2, 0.25) is 19.5 Å². The van der Waals surface area contributed by atoms with Crippen LogP contribution in [0.4, 0.5) is 0 Å². The van der Waals surface area contributed by atoms with E-state index in [4.69, 9.17) is 18.9 Å². The predicted octanol–water partition coefficient (Wildman–Crippen LogP) is 2.44. The van der Waals surface area contributed by atoms with Crippen molar-refractivity contribution in [2.45, 2.75) is 19.3 Å². The van der Waals surface area contributed by atoms with Crippen LogP contribution < -0.4 is 24.3 Å². The first-order valence-corrected chi connectivity index (χ1v) is 8.32. The molecule has 2 heterocycles. The van der Waals surface area contributed by atoms with Crippen LogP contribution in [0.1, 0.15) is 17.5 Å². The number of amides is 1. The van der Waals surface area contributed by atoms with E-state index < -0.39 is 0 Å². The third-order valence-corrected chi connectivity index (χ3v) is 4.25. The Bertz CT molecular complexity index is 789. The lowest BCUT2D eigenvalue weighted by Crippen LogP contribution is -2.25. The fraction of sp³-hybridized carbons (Fsp3) is 0.316. The lowest BCUT2D eigenvalue weighted by molar-refractivity contribution is -0.121. The van der Waals surface area contributed by atoms with Gasteiger partial charge in [-0.3, -0.25) is 4.79 Å². The van der Waals surface area contributed by atoms with Crippen molar-refractivity contribution in [3.8, 4) is 23.0 Å². The number of hydrogen-bond acceptors (Lipinski definition) is 5. The summed E-state index contributed by atoms with van der Waals surface area (Å²) in [5, 5.41) is 2.95. The second-order valence-electron chi connectivity index (χ2n) is 5.98. The summed E-state index contributed by atoms with van der Waals surface area (Å²) in [6.07, 6.45) is 1.87. The Morgan fingerprint density at radius 2 is 1.36 bits per heavy atom. The Labute approximate surface area is 145 Å². The van der Waals surface area contributed by atoms with Crippen LogP contribution in [0.3, 0.4) is 0 Å². The first kappa shape index (κ1) is 15.6. The van der Waals surface area contributed by atoms with E-state index in [1.807, 2.05) is 36.4 Å². The number of fused-ring (bicyclic) bond motifs is 2. The van der Waals surface area contributed by atoms with Crippen LogP contribution in [0.2, 0.25) is 0 Å². The van der Waals surface area contributed by atoms with Gasteiger partial charge in [0.05, 0.1) is 0 Å². The molecule has 0 aromatic heterocycles. The summed E-state index contributed by atoms with van der Waals surface area (Å²) in [6.45, 7) is 1.13. The van der Waals surface area contributed by atoms with Gasteiger partial charge in [-0.1, -0.05) is 12.1 Å². The molecule has 0 saturated carbocycles. The molecule has 6 heteroatoms. The molecule has 2 aromatic rings. The standard InChI is InChI=1S/C19H19NO5/c21-19(6-3-13-1-4-15-17(9-13)24-11-22-15)20-8-7-14-2-5-16-18(10-14)25-12-23-16/h1-2,4-5,9-10H,3,6-8,11-12H2,(H,20,21). The molecule has 1 amide bonds. The van der Waals surface area contributed by atoms with E-state index in [0.29, 0.717) is 19.4 Å². The minimum Gasteiger partial charge on any atom is -0.454 e. The fourth-order valence-corrected chi connectivity index (χ4v) is 2.89. The SMILES string of the molecule is O=C(CCc1ccc2c(c1)OCO2)NCCc1ccc2c(c1)OCO2. The van der Waals surface area contributed by atoms with E-state index in [9.17, 15) is 4.79 Å². The zero-order chi connectivity index (χ0) is 17.1. The van der Waals surface area contributed by atoms with Gasteiger partial charge in [-0.2, -0.15) is 0 Å².